The van der Waals surface area contributed by atoms with Crippen molar-refractivity contribution >= 4 is 13.9 Å². The number of carbonyl (C=O) groups is 1. The van der Waals surface area contributed by atoms with Gasteiger partial charge in [-0.2, -0.15) is 0 Å². The lowest BCUT2D eigenvalue weighted by atomic mass is 10.1. The largest absolute Gasteiger partial charge is 0.756 e. The summed E-state index contributed by atoms with van der Waals surface area (Å²) in [6.07, 6.45) is 10.6. The Morgan fingerprint density at radius 3 is 2.00 bits per heavy atom. The van der Waals surface area contributed by atoms with E-state index in [1.807, 2.05) is 21.1 Å². The van der Waals surface area contributed by atoms with E-state index in [9.17, 15) is 14.3 Å². The van der Waals surface area contributed by atoms with E-state index in [0.29, 0.717) is 17.6 Å². The number of rotatable bonds is 20. The summed E-state index contributed by atoms with van der Waals surface area (Å²) in [5.74, 6) is 0. The predicted molar refractivity (Wildman–Crippen MR) is 124 cm³/mol. The number of nitrogens with one attached hydrogen (secondary N) is 1. The number of amides is 1. The number of methoxy groups -OCH3 is 1. The Balaban J connectivity index is 4.03. The Kier molecular flexibility index (Phi) is 17.3. The summed E-state index contributed by atoms with van der Waals surface area (Å²) in [5, 5.41) is 2.73. The van der Waals surface area contributed by atoms with Crippen LogP contribution in [0.15, 0.2) is 0 Å². The lowest BCUT2D eigenvalue weighted by Gasteiger charge is -2.32. The van der Waals surface area contributed by atoms with Crippen LogP contribution >= 0.6 is 7.82 Å². The highest BCUT2D eigenvalue weighted by atomic mass is 31.2. The van der Waals surface area contributed by atoms with E-state index in [4.69, 9.17) is 18.9 Å². The Morgan fingerprint density at radius 2 is 1.53 bits per heavy atom. The molecule has 32 heavy (non-hydrogen) atoms. The molecule has 0 aliphatic rings. The van der Waals surface area contributed by atoms with Crippen LogP contribution < -0.4 is 10.2 Å². The normalized spacial score (nSPS) is 15.7. The number of alkyl carbamates (subject to hydrolysis) is 1. The molecule has 2 N–H and O–H groups in total. The van der Waals surface area contributed by atoms with Crippen LogP contribution in [0.3, 0.4) is 0 Å². The van der Waals surface area contributed by atoms with Gasteiger partial charge in [0, 0.05) is 20.1 Å². The smallest absolute Gasteiger partial charge is 0.407 e. The lowest BCUT2D eigenvalue weighted by molar-refractivity contribution is -0.873. The molecule has 0 saturated heterocycles. The van der Waals surface area contributed by atoms with E-state index in [1.54, 1.807) is 0 Å². The number of carbonyl (C=O) groups excluding carboxylic acids is 1. The molecule has 1 amide bonds. The van der Waals surface area contributed by atoms with Gasteiger partial charge in [-0.05, 0) is 6.42 Å². The highest BCUT2D eigenvalue weighted by Gasteiger charge is 2.27. The first-order chi connectivity index (χ1) is 15.0. The van der Waals surface area contributed by atoms with Crippen LogP contribution in [-0.4, -0.2) is 75.6 Å². The third kappa shape index (κ3) is 21.2. The van der Waals surface area contributed by atoms with Gasteiger partial charge < -0.3 is 33.6 Å². The molecule has 0 radical (unpaired) electrons. The highest BCUT2D eigenvalue weighted by Crippen LogP contribution is 2.34. The van der Waals surface area contributed by atoms with Crippen molar-refractivity contribution < 1.29 is 37.6 Å². The molecular weight excluding hydrogens is 435 g/mol. The Hall–Kier alpha value is -0.700. The van der Waals surface area contributed by atoms with Crippen molar-refractivity contribution in [3.05, 3.63) is 0 Å². The van der Waals surface area contributed by atoms with Crippen molar-refractivity contribution in [3.63, 3.8) is 0 Å². The standard InChI is InChI=1S/C22H47N2O7P/c1-6-7-8-9-10-11-12-13-14-15-16-23-22(25)30-19-21(29-5)17-20(18-24(2,3)4)31-32(26,27)28/h20-21H,6-19H2,1-5H3,(H2-,23,25,26,27,28). The van der Waals surface area contributed by atoms with E-state index in [1.165, 1.54) is 58.5 Å². The summed E-state index contributed by atoms with van der Waals surface area (Å²) >= 11 is 0. The summed E-state index contributed by atoms with van der Waals surface area (Å²) in [5.41, 5.74) is 0. The van der Waals surface area contributed by atoms with Gasteiger partial charge in [-0.1, -0.05) is 64.7 Å². The minimum atomic E-state index is -4.88. The van der Waals surface area contributed by atoms with Crippen LogP contribution in [0.4, 0.5) is 4.79 Å². The van der Waals surface area contributed by atoms with E-state index in [-0.39, 0.29) is 13.0 Å². The fraction of sp³-hybridized carbons (Fsp3) is 0.955. The molecule has 0 aromatic rings. The Labute approximate surface area is 195 Å². The van der Waals surface area contributed by atoms with Crippen molar-refractivity contribution in [2.45, 2.75) is 89.8 Å². The molecule has 0 rings (SSSR count). The highest BCUT2D eigenvalue weighted by molar-refractivity contribution is 7.44. The summed E-state index contributed by atoms with van der Waals surface area (Å²) in [7, 11) is 2.20. The number of nitrogens with zero attached hydrogens (tertiary/aromatic N) is 1. The number of likely N-dealkylation sites (N-methyl/N-ethyl adjacent to an activating group) is 1. The number of phosphoric ester groups is 1. The van der Waals surface area contributed by atoms with Gasteiger partial charge in [0.05, 0.1) is 27.2 Å². The van der Waals surface area contributed by atoms with Gasteiger partial charge in [-0.25, -0.2) is 4.79 Å². The summed E-state index contributed by atoms with van der Waals surface area (Å²) in [4.78, 5) is 32.1. The second-order valence-corrected chi connectivity index (χ2v) is 10.6. The maximum absolute atomic E-state index is 11.9. The monoisotopic (exact) mass is 482 g/mol. The molecule has 3 atom stereocenters. The number of quaternary nitrogens is 1. The van der Waals surface area contributed by atoms with Crippen molar-refractivity contribution in [2.75, 3.05) is 47.9 Å². The molecule has 0 heterocycles. The molecule has 0 aromatic carbocycles. The SMILES string of the molecule is CCCCCCCCCCCCNC(=O)OCC(CC(C[N+](C)(C)C)OP(=O)([O-])O)OC. The summed E-state index contributed by atoms with van der Waals surface area (Å²) in [6, 6.07) is 0. The van der Waals surface area contributed by atoms with E-state index >= 15 is 0 Å². The van der Waals surface area contributed by atoms with Gasteiger partial charge in [0.2, 0.25) is 0 Å². The van der Waals surface area contributed by atoms with Gasteiger partial charge in [0.15, 0.2) is 0 Å². The third-order valence-electron chi connectivity index (χ3n) is 5.09. The maximum Gasteiger partial charge on any atom is 0.407 e. The zero-order valence-electron chi connectivity index (χ0n) is 20.8. The lowest BCUT2D eigenvalue weighted by Crippen LogP contribution is -2.44. The Morgan fingerprint density at radius 1 is 1.00 bits per heavy atom. The predicted octanol–water partition coefficient (Wildman–Crippen LogP) is 3.59. The zero-order chi connectivity index (χ0) is 24.5. The number of hydrogen-bond acceptors (Lipinski definition) is 6. The molecule has 0 fully saturated rings. The van der Waals surface area contributed by atoms with Gasteiger partial charge in [0.1, 0.15) is 19.3 Å². The van der Waals surface area contributed by atoms with Crippen LogP contribution in [0.25, 0.3) is 0 Å². The van der Waals surface area contributed by atoms with Gasteiger partial charge in [-0.3, -0.25) is 4.57 Å². The summed E-state index contributed by atoms with van der Waals surface area (Å²) < 4.78 is 26.9. The van der Waals surface area contributed by atoms with Gasteiger partial charge in [0.25, 0.3) is 7.82 Å². The van der Waals surface area contributed by atoms with E-state index in [0.717, 1.165) is 12.8 Å². The topological polar surface area (TPSA) is 117 Å². The number of unbranched alkanes of at least 4 members (excludes halogenated alkanes) is 9. The molecule has 3 unspecified atom stereocenters. The van der Waals surface area contributed by atoms with Crippen LogP contribution in [0, 0.1) is 0 Å². The molecule has 0 aliphatic carbocycles. The minimum absolute atomic E-state index is 0.0358. The van der Waals surface area contributed by atoms with E-state index in [2.05, 4.69) is 12.2 Å². The molecule has 9 nitrogen and oxygen atoms in total. The maximum atomic E-state index is 11.9. The quantitative estimate of drug-likeness (QED) is 0.155. The average molecular weight is 483 g/mol. The molecule has 0 aliphatic heterocycles. The van der Waals surface area contributed by atoms with Crippen molar-refractivity contribution in [1.29, 1.82) is 0 Å². The molecule has 0 aromatic heterocycles. The fourth-order valence-electron chi connectivity index (χ4n) is 3.50. The van der Waals surface area contributed by atoms with Crippen LogP contribution in [0.5, 0.6) is 0 Å². The average Bonchev–Trinajstić information content (AvgIpc) is 2.66. The number of ether oxygens (including phenoxy) is 2. The van der Waals surface area contributed by atoms with Crippen molar-refractivity contribution in [2.24, 2.45) is 0 Å². The third-order valence-corrected chi connectivity index (χ3v) is 5.66. The van der Waals surface area contributed by atoms with Crippen LogP contribution in [-0.2, 0) is 18.6 Å². The van der Waals surface area contributed by atoms with E-state index < -0.39 is 26.1 Å². The zero-order valence-corrected chi connectivity index (χ0v) is 21.7. The molecule has 10 heteroatoms. The van der Waals surface area contributed by atoms with Gasteiger partial charge >= 0.3 is 6.09 Å². The first-order valence-corrected chi connectivity index (χ1v) is 13.4. The fourth-order valence-corrected chi connectivity index (χ4v) is 4.03. The molecule has 0 bridgehead atoms. The summed E-state index contributed by atoms with van der Waals surface area (Å²) in [6.45, 7) is 3.08. The molecule has 192 valence electrons. The second-order valence-electron chi connectivity index (χ2n) is 9.47. The molecule has 0 spiro atoms. The number of hydrogen-bond donors (Lipinski definition) is 2. The van der Waals surface area contributed by atoms with Crippen LogP contribution in [0.2, 0.25) is 0 Å². The van der Waals surface area contributed by atoms with Crippen molar-refractivity contribution in [1.82, 2.24) is 5.32 Å². The van der Waals surface area contributed by atoms with Crippen LogP contribution in [0.1, 0.15) is 77.6 Å². The minimum Gasteiger partial charge on any atom is -0.756 e. The van der Waals surface area contributed by atoms with Gasteiger partial charge in [-0.15, -0.1) is 0 Å². The second kappa shape index (κ2) is 17.7. The molecule has 0 saturated carbocycles. The van der Waals surface area contributed by atoms with Crippen molar-refractivity contribution in [3.8, 4) is 0 Å². The molecular formula is C22H47N2O7P. The Bertz CT molecular complexity index is 523. The first kappa shape index (κ1) is 31.3. The first-order valence-electron chi connectivity index (χ1n) is 11.9. The number of phosphoric acid groups is 1.